The molecule has 4 nitrogen and oxygen atoms in total. The zero-order valence-electron chi connectivity index (χ0n) is 8.72. The summed E-state index contributed by atoms with van der Waals surface area (Å²) in [6, 6.07) is 5.11. The summed E-state index contributed by atoms with van der Waals surface area (Å²) in [5.74, 6) is 0. The molecule has 0 saturated heterocycles. The zero-order chi connectivity index (χ0) is 11.5. The number of nitrogens with zero attached hydrogens (tertiary/aromatic N) is 3. The van der Waals surface area contributed by atoms with Crippen molar-refractivity contribution >= 4 is 11.6 Å². The van der Waals surface area contributed by atoms with Crippen molar-refractivity contribution in [3.8, 4) is 0 Å². The van der Waals surface area contributed by atoms with Gasteiger partial charge in [0, 0.05) is 23.5 Å². The van der Waals surface area contributed by atoms with Gasteiger partial charge in [0.25, 0.3) is 5.56 Å². The van der Waals surface area contributed by atoms with Crippen LogP contribution < -0.4 is 5.56 Å². The van der Waals surface area contributed by atoms with E-state index in [0.29, 0.717) is 17.4 Å². The number of halogens is 1. The van der Waals surface area contributed by atoms with Crippen molar-refractivity contribution < 1.29 is 0 Å². The quantitative estimate of drug-likeness (QED) is 0.744. The summed E-state index contributed by atoms with van der Waals surface area (Å²) < 4.78 is 1.50. The normalized spacial score (nSPS) is 10.4. The van der Waals surface area contributed by atoms with Crippen molar-refractivity contribution in [2.75, 3.05) is 0 Å². The highest BCUT2D eigenvalue weighted by atomic mass is 35.5. The molecule has 0 aliphatic carbocycles. The molecule has 0 aliphatic heterocycles. The lowest BCUT2D eigenvalue weighted by Gasteiger charge is -2.06. The monoisotopic (exact) mass is 235 g/mol. The Morgan fingerprint density at radius 2 is 2.25 bits per heavy atom. The molecule has 16 heavy (non-hydrogen) atoms. The van der Waals surface area contributed by atoms with Gasteiger partial charge in [0.1, 0.15) is 5.15 Å². The smallest absolute Gasteiger partial charge is 0.253 e. The molecule has 0 bridgehead atoms. The van der Waals surface area contributed by atoms with Gasteiger partial charge in [-0.25, -0.2) is 9.97 Å². The first-order valence-corrected chi connectivity index (χ1v) is 5.17. The van der Waals surface area contributed by atoms with Gasteiger partial charge in [0.15, 0.2) is 0 Å². The number of aromatic nitrogens is 3. The first kappa shape index (κ1) is 10.8. The second-order valence-electron chi connectivity index (χ2n) is 3.45. The SMILES string of the molecule is Cc1cc(=O)n(Cc2cccnc2Cl)cn1. The van der Waals surface area contributed by atoms with Gasteiger partial charge in [-0.2, -0.15) is 0 Å². The van der Waals surface area contributed by atoms with Gasteiger partial charge in [-0.05, 0) is 13.0 Å². The van der Waals surface area contributed by atoms with E-state index in [2.05, 4.69) is 9.97 Å². The van der Waals surface area contributed by atoms with E-state index in [4.69, 9.17) is 11.6 Å². The fourth-order valence-electron chi connectivity index (χ4n) is 1.36. The molecular formula is C11H10ClN3O. The predicted octanol–water partition coefficient (Wildman–Crippen LogP) is 1.65. The van der Waals surface area contributed by atoms with Crippen LogP contribution in [0.3, 0.4) is 0 Å². The van der Waals surface area contributed by atoms with Crippen LogP contribution in [0.15, 0.2) is 35.5 Å². The third-order valence-corrected chi connectivity index (χ3v) is 2.53. The van der Waals surface area contributed by atoms with E-state index in [1.54, 1.807) is 19.2 Å². The van der Waals surface area contributed by atoms with Crippen molar-refractivity contribution in [2.45, 2.75) is 13.5 Å². The highest BCUT2D eigenvalue weighted by Gasteiger charge is 2.03. The summed E-state index contributed by atoms with van der Waals surface area (Å²) >= 11 is 5.91. The average Bonchev–Trinajstić information content (AvgIpc) is 2.25. The minimum Gasteiger partial charge on any atom is -0.295 e. The van der Waals surface area contributed by atoms with Gasteiger partial charge in [0.2, 0.25) is 0 Å². The minimum absolute atomic E-state index is 0.0904. The van der Waals surface area contributed by atoms with Crippen LogP contribution in [0.1, 0.15) is 11.3 Å². The minimum atomic E-state index is -0.0904. The van der Waals surface area contributed by atoms with Gasteiger partial charge in [-0.15, -0.1) is 0 Å². The maximum atomic E-state index is 11.6. The van der Waals surface area contributed by atoms with Gasteiger partial charge in [-0.1, -0.05) is 17.7 Å². The zero-order valence-corrected chi connectivity index (χ0v) is 9.48. The molecule has 82 valence electrons. The molecule has 2 aromatic rings. The van der Waals surface area contributed by atoms with E-state index in [1.165, 1.54) is 17.0 Å². The number of pyridine rings is 1. The summed E-state index contributed by atoms with van der Waals surface area (Å²) in [6.07, 6.45) is 3.13. The Morgan fingerprint density at radius 3 is 2.94 bits per heavy atom. The summed E-state index contributed by atoms with van der Waals surface area (Å²) in [6.45, 7) is 2.17. The van der Waals surface area contributed by atoms with E-state index < -0.39 is 0 Å². The Hall–Kier alpha value is -1.68. The topological polar surface area (TPSA) is 47.8 Å². The molecule has 0 amide bonds. The number of rotatable bonds is 2. The summed E-state index contributed by atoms with van der Waals surface area (Å²) in [7, 11) is 0. The van der Waals surface area contributed by atoms with Crippen LogP contribution in [0.2, 0.25) is 5.15 Å². The van der Waals surface area contributed by atoms with Crippen molar-refractivity contribution in [1.82, 2.24) is 14.5 Å². The molecule has 2 aromatic heterocycles. The molecule has 0 fully saturated rings. The Kier molecular flexibility index (Phi) is 3.01. The molecule has 0 saturated carbocycles. The molecule has 5 heteroatoms. The average molecular weight is 236 g/mol. The number of hydrogen-bond acceptors (Lipinski definition) is 3. The molecule has 0 unspecified atom stereocenters. The van der Waals surface area contributed by atoms with Gasteiger partial charge in [0.05, 0.1) is 12.9 Å². The lowest BCUT2D eigenvalue weighted by molar-refractivity contribution is 0.728. The Morgan fingerprint density at radius 1 is 1.44 bits per heavy atom. The maximum absolute atomic E-state index is 11.6. The van der Waals surface area contributed by atoms with Crippen LogP contribution in [0, 0.1) is 6.92 Å². The highest BCUT2D eigenvalue weighted by Crippen LogP contribution is 2.11. The molecule has 0 N–H and O–H groups in total. The standard InChI is InChI=1S/C11H10ClN3O/c1-8-5-10(16)15(7-14-8)6-9-3-2-4-13-11(9)12/h2-5,7H,6H2,1H3. The molecule has 0 atom stereocenters. The van der Waals surface area contributed by atoms with Crippen LogP contribution in [0.5, 0.6) is 0 Å². The van der Waals surface area contributed by atoms with Crippen molar-refractivity contribution in [2.24, 2.45) is 0 Å². The second kappa shape index (κ2) is 4.45. The molecular weight excluding hydrogens is 226 g/mol. The van der Waals surface area contributed by atoms with Crippen molar-refractivity contribution in [1.29, 1.82) is 0 Å². The highest BCUT2D eigenvalue weighted by molar-refractivity contribution is 6.30. The third-order valence-electron chi connectivity index (χ3n) is 2.19. The lowest BCUT2D eigenvalue weighted by atomic mass is 10.3. The first-order chi connectivity index (χ1) is 7.66. The number of hydrogen-bond donors (Lipinski definition) is 0. The van der Waals surface area contributed by atoms with Crippen LogP contribution >= 0.6 is 11.6 Å². The molecule has 0 radical (unpaired) electrons. The van der Waals surface area contributed by atoms with E-state index in [1.807, 2.05) is 6.07 Å². The Bertz CT molecular complexity index is 565. The second-order valence-corrected chi connectivity index (χ2v) is 3.81. The maximum Gasteiger partial charge on any atom is 0.253 e. The third kappa shape index (κ3) is 2.28. The fraction of sp³-hybridized carbons (Fsp3) is 0.182. The molecule has 0 aliphatic rings. The first-order valence-electron chi connectivity index (χ1n) is 4.79. The van der Waals surface area contributed by atoms with E-state index in [-0.39, 0.29) is 5.56 Å². The van der Waals surface area contributed by atoms with Crippen molar-refractivity contribution in [3.63, 3.8) is 0 Å². The summed E-state index contributed by atoms with van der Waals surface area (Å²) in [5, 5.41) is 0.412. The van der Waals surface area contributed by atoms with E-state index >= 15 is 0 Å². The van der Waals surface area contributed by atoms with Crippen LogP contribution in [-0.2, 0) is 6.54 Å². The largest absolute Gasteiger partial charge is 0.295 e. The summed E-state index contributed by atoms with van der Waals surface area (Å²) in [4.78, 5) is 19.6. The van der Waals surface area contributed by atoms with Crippen molar-refractivity contribution in [3.05, 3.63) is 57.5 Å². The molecule has 0 spiro atoms. The van der Waals surface area contributed by atoms with E-state index in [0.717, 1.165) is 5.56 Å². The Labute approximate surface area is 97.6 Å². The lowest BCUT2D eigenvalue weighted by Crippen LogP contribution is -2.20. The van der Waals surface area contributed by atoms with Crippen LogP contribution in [-0.4, -0.2) is 14.5 Å². The van der Waals surface area contributed by atoms with E-state index in [9.17, 15) is 4.79 Å². The Balaban J connectivity index is 2.35. The predicted molar refractivity (Wildman–Crippen MR) is 61.6 cm³/mol. The molecule has 2 rings (SSSR count). The van der Waals surface area contributed by atoms with Crippen LogP contribution in [0.4, 0.5) is 0 Å². The molecule has 0 aromatic carbocycles. The van der Waals surface area contributed by atoms with Crippen LogP contribution in [0.25, 0.3) is 0 Å². The molecule has 2 heterocycles. The number of aryl methyl sites for hydroxylation is 1. The van der Waals surface area contributed by atoms with Gasteiger partial charge >= 0.3 is 0 Å². The fourth-order valence-corrected chi connectivity index (χ4v) is 1.54. The summed E-state index contributed by atoms with van der Waals surface area (Å²) in [5.41, 5.74) is 1.42. The van der Waals surface area contributed by atoms with Gasteiger partial charge in [-0.3, -0.25) is 9.36 Å². The van der Waals surface area contributed by atoms with Gasteiger partial charge < -0.3 is 0 Å².